The molecule has 33 heavy (non-hydrogen) atoms. The van der Waals surface area contributed by atoms with Gasteiger partial charge in [-0.1, -0.05) is 18.6 Å². The van der Waals surface area contributed by atoms with Gasteiger partial charge in [-0.25, -0.2) is 8.42 Å². The van der Waals surface area contributed by atoms with Crippen molar-refractivity contribution in [2.75, 3.05) is 31.6 Å². The summed E-state index contributed by atoms with van der Waals surface area (Å²) in [6.45, 7) is 2.44. The van der Waals surface area contributed by atoms with Crippen molar-refractivity contribution in [3.8, 4) is 5.75 Å². The standard InChI is InChI=1S/C23H25N3O6S/c1-2-32-19-11-10-16(14-20(19)33(30,31)25-12-6-3-7-13-25)24-21(27)15-26-22(28)17-8-4-5-9-18(17)23(26)29/h4-5,8-11,14H,2-3,6-7,12-13,15H2,1H3,(H,24,27). The second kappa shape index (κ2) is 9.32. The number of nitrogens with one attached hydrogen (secondary N) is 1. The molecule has 0 aromatic heterocycles. The molecule has 1 fully saturated rings. The Bertz CT molecular complexity index is 1170. The summed E-state index contributed by atoms with van der Waals surface area (Å²) in [5.74, 6) is -1.48. The van der Waals surface area contributed by atoms with Crippen molar-refractivity contribution in [1.82, 2.24) is 9.21 Å². The maximum absolute atomic E-state index is 13.2. The highest BCUT2D eigenvalue weighted by Gasteiger charge is 2.36. The summed E-state index contributed by atoms with van der Waals surface area (Å²) in [5.41, 5.74) is 0.744. The highest BCUT2D eigenvalue weighted by molar-refractivity contribution is 7.89. The number of sulfonamides is 1. The fraction of sp³-hybridized carbons (Fsp3) is 0.348. The Labute approximate surface area is 192 Å². The van der Waals surface area contributed by atoms with E-state index in [9.17, 15) is 22.8 Å². The number of imide groups is 1. The number of rotatable bonds is 7. The van der Waals surface area contributed by atoms with E-state index in [1.54, 1.807) is 19.1 Å². The summed E-state index contributed by atoms with van der Waals surface area (Å²) >= 11 is 0. The van der Waals surface area contributed by atoms with E-state index >= 15 is 0 Å². The second-order valence-electron chi connectivity index (χ2n) is 7.85. The van der Waals surface area contributed by atoms with Crippen molar-refractivity contribution in [2.45, 2.75) is 31.1 Å². The Balaban J connectivity index is 1.54. The van der Waals surface area contributed by atoms with Crippen LogP contribution in [0.3, 0.4) is 0 Å². The van der Waals surface area contributed by atoms with Crippen LogP contribution in [0, 0.1) is 0 Å². The first-order valence-corrected chi connectivity index (χ1v) is 12.3. The quantitative estimate of drug-likeness (QED) is 0.621. The zero-order valence-electron chi connectivity index (χ0n) is 18.2. The van der Waals surface area contributed by atoms with E-state index in [0.717, 1.165) is 24.2 Å². The van der Waals surface area contributed by atoms with Gasteiger partial charge in [-0.05, 0) is 50.1 Å². The minimum absolute atomic E-state index is 0.0234. The fourth-order valence-electron chi connectivity index (χ4n) is 4.03. The van der Waals surface area contributed by atoms with E-state index in [1.807, 2.05) is 0 Å². The van der Waals surface area contributed by atoms with Crippen LogP contribution in [-0.4, -0.2) is 61.6 Å². The molecule has 2 aliphatic rings. The molecule has 2 aromatic carbocycles. The van der Waals surface area contributed by atoms with Crippen molar-refractivity contribution in [3.05, 3.63) is 53.6 Å². The van der Waals surface area contributed by atoms with Crippen LogP contribution >= 0.6 is 0 Å². The molecule has 174 valence electrons. The van der Waals surface area contributed by atoms with E-state index < -0.39 is 34.3 Å². The van der Waals surface area contributed by atoms with Crippen molar-refractivity contribution in [1.29, 1.82) is 0 Å². The molecular weight excluding hydrogens is 446 g/mol. The number of hydrogen-bond acceptors (Lipinski definition) is 6. The first kappa shape index (κ1) is 22.9. The smallest absolute Gasteiger partial charge is 0.262 e. The third-order valence-electron chi connectivity index (χ3n) is 5.64. The van der Waals surface area contributed by atoms with Gasteiger partial charge in [-0.15, -0.1) is 0 Å². The van der Waals surface area contributed by atoms with E-state index in [0.29, 0.717) is 13.1 Å². The van der Waals surface area contributed by atoms with Gasteiger partial charge in [0.2, 0.25) is 15.9 Å². The molecule has 0 aliphatic carbocycles. The van der Waals surface area contributed by atoms with Crippen LogP contribution in [0.25, 0.3) is 0 Å². The van der Waals surface area contributed by atoms with E-state index in [-0.39, 0.29) is 34.1 Å². The maximum Gasteiger partial charge on any atom is 0.262 e. The van der Waals surface area contributed by atoms with Crippen molar-refractivity contribution < 1.29 is 27.5 Å². The third kappa shape index (κ3) is 4.49. The number of amides is 3. The number of carbonyl (C=O) groups excluding carboxylic acids is 3. The van der Waals surface area contributed by atoms with Crippen LogP contribution < -0.4 is 10.1 Å². The Hall–Kier alpha value is -3.24. The Kier molecular flexibility index (Phi) is 6.48. The number of anilines is 1. The molecular formula is C23H25N3O6S. The van der Waals surface area contributed by atoms with Crippen LogP contribution in [0.4, 0.5) is 5.69 Å². The van der Waals surface area contributed by atoms with E-state index in [4.69, 9.17) is 4.74 Å². The number of ether oxygens (including phenoxy) is 1. The Morgan fingerprint density at radius 1 is 1.00 bits per heavy atom. The van der Waals surface area contributed by atoms with Gasteiger partial charge in [-0.3, -0.25) is 19.3 Å². The molecule has 1 N–H and O–H groups in total. The molecule has 0 bridgehead atoms. The Morgan fingerprint density at radius 3 is 2.24 bits per heavy atom. The van der Waals surface area contributed by atoms with E-state index in [1.165, 1.54) is 34.6 Å². The summed E-state index contributed by atoms with van der Waals surface area (Å²) < 4.78 is 33.5. The molecule has 2 aliphatic heterocycles. The lowest BCUT2D eigenvalue weighted by Gasteiger charge is -2.27. The van der Waals surface area contributed by atoms with Gasteiger partial charge in [0.25, 0.3) is 11.8 Å². The minimum Gasteiger partial charge on any atom is -0.492 e. The zero-order chi connectivity index (χ0) is 23.6. The normalized spacial score (nSPS) is 16.6. The maximum atomic E-state index is 13.2. The van der Waals surface area contributed by atoms with Gasteiger partial charge in [0, 0.05) is 18.8 Å². The zero-order valence-corrected chi connectivity index (χ0v) is 19.1. The van der Waals surface area contributed by atoms with Gasteiger partial charge in [0.05, 0.1) is 17.7 Å². The number of piperidine rings is 1. The highest BCUT2D eigenvalue weighted by Crippen LogP contribution is 2.31. The molecule has 2 aromatic rings. The summed E-state index contributed by atoms with van der Waals surface area (Å²) in [4.78, 5) is 38.5. The van der Waals surface area contributed by atoms with Gasteiger partial charge >= 0.3 is 0 Å². The molecule has 9 nitrogen and oxygen atoms in total. The number of benzene rings is 2. The summed E-state index contributed by atoms with van der Waals surface area (Å²) in [6, 6.07) is 10.8. The largest absolute Gasteiger partial charge is 0.492 e. The molecule has 10 heteroatoms. The Morgan fingerprint density at radius 2 is 1.64 bits per heavy atom. The topological polar surface area (TPSA) is 113 Å². The van der Waals surface area contributed by atoms with Crippen molar-refractivity contribution in [3.63, 3.8) is 0 Å². The summed E-state index contributed by atoms with van der Waals surface area (Å²) in [7, 11) is -3.81. The van der Waals surface area contributed by atoms with E-state index in [2.05, 4.69) is 5.32 Å². The van der Waals surface area contributed by atoms with Gasteiger partial charge < -0.3 is 10.1 Å². The minimum atomic E-state index is -3.81. The molecule has 3 amide bonds. The predicted molar refractivity (Wildman–Crippen MR) is 121 cm³/mol. The average molecular weight is 472 g/mol. The molecule has 0 unspecified atom stereocenters. The molecule has 2 heterocycles. The van der Waals surface area contributed by atoms with Crippen molar-refractivity contribution in [2.24, 2.45) is 0 Å². The average Bonchev–Trinajstić information content (AvgIpc) is 3.05. The first-order chi connectivity index (χ1) is 15.8. The monoisotopic (exact) mass is 471 g/mol. The lowest BCUT2D eigenvalue weighted by Crippen LogP contribution is -2.37. The van der Waals surface area contributed by atoms with Crippen LogP contribution in [0.5, 0.6) is 5.75 Å². The summed E-state index contributed by atoms with van der Waals surface area (Å²) in [5, 5.41) is 2.60. The lowest BCUT2D eigenvalue weighted by atomic mass is 10.1. The van der Waals surface area contributed by atoms with Crippen LogP contribution in [0.15, 0.2) is 47.4 Å². The number of hydrogen-bond donors (Lipinski definition) is 1. The van der Waals surface area contributed by atoms with Crippen LogP contribution in [0.2, 0.25) is 0 Å². The van der Waals surface area contributed by atoms with Crippen LogP contribution in [0.1, 0.15) is 46.9 Å². The van der Waals surface area contributed by atoms with Gasteiger partial charge in [0.15, 0.2) is 0 Å². The molecule has 0 saturated carbocycles. The van der Waals surface area contributed by atoms with Crippen LogP contribution in [-0.2, 0) is 14.8 Å². The van der Waals surface area contributed by atoms with Crippen molar-refractivity contribution >= 4 is 33.4 Å². The number of fused-ring (bicyclic) bond motifs is 1. The lowest BCUT2D eigenvalue weighted by molar-refractivity contribution is -0.116. The first-order valence-electron chi connectivity index (χ1n) is 10.8. The molecule has 0 atom stereocenters. The second-order valence-corrected chi connectivity index (χ2v) is 9.76. The predicted octanol–water partition coefficient (Wildman–Crippen LogP) is 2.49. The number of nitrogens with zero attached hydrogens (tertiary/aromatic N) is 2. The van der Waals surface area contributed by atoms with Gasteiger partial charge in [-0.2, -0.15) is 4.31 Å². The molecule has 4 rings (SSSR count). The highest BCUT2D eigenvalue weighted by atomic mass is 32.2. The van der Waals surface area contributed by atoms with Gasteiger partial charge in [0.1, 0.15) is 17.2 Å². The fourth-order valence-corrected chi connectivity index (χ4v) is 5.71. The molecule has 0 radical (unpaired) electrons. The third-order valence-corrected chi connectivity index (χ3v) is 7.56. The summed E-state index contributed by atoms with van der Waals surface area (Å²) in [6.07, 6.45) is 2.57. The molecule has 1 saturated heterocycles. The SMILES string of the molecule is CCOc1ccc(NC(=O)CN2C(=O)c3ccccc3C2=O)cc1S(=O)(=O)N1CCCCC1. The number of carbonyl (C=O) groups is 3. The molecule has 0 spiro atoms.